The Hall–Kier alpha value is -2.53. The van der Waals surface area contributed by atoms with Gasteiger partial charge in [0.1, 0.15) is 6.61 Å². The maximum Gasteiger partial charge on any atom is 0.225 e. The van der Waals surface area contributed by atoms with E-state index in [0.29, 0.717) is 18.6 Å². The molecule has 2 fully saturated rings. The summed E-state index contributed by atoms with van der Waals surface area (Å²) < 4.78 is 11.5. The summed E-state index contributed by atoms with van der Waals surface area (Å²) in [5, 5.41) is 3.68. The lowest BCUT2D eigenvalue weighted by Gasteiger charge is -2.35. The molecule has 0 spiro atoms. The molecule has 1 heterocycles. The van der Waals surface area contributed by atoms with Crippen LogP contribution in [-0.2, 0) is 17.9 Å². The van der Waals surface area contributed by atoms with Crippen LogP contribution in [0.15, 0.2) is 48.5 Å². The molecular formula is C27H36N2O3. The first-order valence-electron chi connectivity index (χ1n) is 12.1. The summed E-state index contributed by atoms with van der Waals surface area (Å²) in [4.78, 5) is 14.9. The molecule has 0 atom stereocenters. The number of nitrogens with zero attached hydrogens (tertiary/aromatic N) is 1. The molecule has 1 aliphatic heterocycles. The maximum absolute atomic E-state index is 12.8. The Kier molecular flexibility index (Phi) is 8.05. The minimum atomic E-state index is 0.280. The number of carbonyl (C=O) groups excluding carboxylic acids is 1. The first kappa shape index (κ1) is 22.7. The zero-order valence-corrected chi connectivity index (χ0v) is 19.2. The number of methoxy groups -OCH3 is 1. The van der Waals surface area contributed by atoms with E-state index in [1.807, 2.05) is 24.3 Å². The minimum Gasteiger partial charge on any atom is -0.493 e. The van der Waals surface area contributed by atoms with E-state index in [4.69, 9.17) is 9.47 Å². The van der Waals surface area contributed by atoms with Crippen LogP contribution in [0.25, 0.3) is 0 Å². The first-order valence-corrected chi connectivity index (χ1v) is 12.1. The average Bonchev–Trinajstić information content (AvgIpc) is 2.87. The standard InChI is InChI=1S/C27H36N2O3/c1-31-25-13-12-22(18-26(25)32-20-21-8-4-2-5-9-21)19-28-24-14-16-29(17-15-24)27(30)23-10-6-3-7-11-23/h2,4-5,8-9,12-13,18,23-24,28H,3,6-7,10-11,14-17,19-20H2,1H3. The van der Waals surface area contributed by atoms with E-state index >= 15 is 0 Å². The number of rotatable bonds is 8. The number of ether oxygens (including phenoxy) is 2. The van der Waals surface area contributed by atoms with Crippen LogP contribution in [0.3, 0.4) is 0 Å². The highest BCUT2D eigenvalue weighted by atomic mass is 16.5. The molecule has 172 valence electrons. The van der Waals surface area contributed by atoms with Gasteiger partial charge in [0.05, 0.1) is 7.11 Å². The lowest BCUT2D eigenvalue weighted by molar-refractivity contribution is -0.137. The van der Waals surface area contributed by atoms with Crippen molar-refractivity contribution < 1.29 is 14.3 Å². The summed E-state index contributed by atoms with van der Waals surface area (Å²) in [7, 11) is 1.67. The van der Waals surface area contributed by atoms with Crippen LogP contribution in [0.1, 0.15) is 56.1 Å². The second-order valence-electron chi connectivity index (χ2n) is 9.07. The predicted molar refractivity (Wildman–Crippen MR) is 127 cm³/mol. The molecule has 5 nitrogen and oxygen atoms in total. The van der Waals surface area contributed by atoms with Crippen molar-refractivity contribution in [3.05, 3.63) is 59.7 Å². The van der Waals surface area contributed by atoms with Gasteiger partial charge in [0.2, 0.25) is 5.91 Å². The monoisotopic (exact) mass is 436 g/mol. The smallest absolute Gasteiger partial charge is 0.225 e. The molecule has 5 heteroatoms. The van der Waals surface area contributed by atoms with Gasteiger partial charge < -0.3 is 19.7 Å². The Morgan fingerprint density at radius 3 is 2.41 bits per heavy atom. The number of hydrogen-bond donors (Lipinski definition) is 1. The normalized spacial score (nSPS) is 17.8. The van der Waals surface area contributed by atoms with E-state index in [-0.39, 0.29) is 5.92 Å². The van der Waals surface area contributed by atoms with Crippen LogP contribution in [0, 0.1) is 5.92 Å². The summed E-state index contributed by atoms with van der Waals surface area (Å²) in [6.45, 7) is 3.05. The van der Waals surface area contributed by atoms with Gasteiger partial charge in [-0.1, -0.05) is 55.7 Å². The van der Waals surface area contributed by atoms with Gasteiger partial charge in [0.25, 0.3) is 0 Å². The fourth-order valence-corrected chi connectivity index (χ4v) is 4.85. The van der Waals surface area contributed by atoms with Gasteiger partial charge in [-0.05, 0) is 48.9 Å². The predicted octanol–water partition coefficient (Wildman–Crippen LogP) is 4.94. The fraction of sp³-hybridized carbons (Fsp3) is 0.519. The maximum atomic E-state index is 12.8. The third-order valence-corrected chi connectivity index (χ3v) is 6.82. The number of carbonyl (C=O) groups is 1. The Bertz CT molecular complexity index is 856. The Morgan fingerprint density at radius 1 is 0.938 bits per heavy atom. The molecule has 1 amide bonds. The molecule has 4 rings (SSSR count). The molecule has 1 N–H and O–H groups in total. The van der Waals surface area contributed by atoms with Crippen LogP contribution < -0.4 is 14.8 Å². The molecule has 32 heavy (non-hydrogen) atoms. The van der Waals surface area contributed by atoms with Crippen molar-refractivity contribution in [3.63, 3.8) is 0 Å². The number of amides is 1. The van der Waals surface area contributed by atoms with Crippen molar-refractivity contribution >= 4 is 5.91 Å². The van der Waals surface area contributed by atoms with Gasteiger partial charge in [0.15, 0.2) is 11.5 Å². The average molecular weight is 437 g/mol. The number of nitrogens with one attached hydrogen (secondary N) is 1. The number of benzene rings is 2. The lowest BCUT2D eigenvalue weighted by atomic mass is 9.87. The largest absolute Gasteiger partial charge is 0.493 e. The summed E-state index contributed by atoms with van der Waals surface area (Å²) in [5.74, 6) is 2.20. The summed E-state index contributed by atoms with van der Waals surface area (Å²) >= 11 is 0. The number of piperidine rings is 1. The zero-order chi connectivity index (χ0) is 22.2. The molecule has 0 radical (unpaired) electrons. The SMILES string of the molecule is COc1ccc(CNC2CCN(C(=O)C3CCCCC3)CC2)cc1OCc1ccccc1. The van der Waals surface area contributed by atoms with Crippen LogP contribution in [-0.4, -0.2) is 37.0 Å². The first-order chi connectivity index (χ1) is 15.7. The van der Waals surface area contributed by atoms with Gasteiger partial charge in [-0.15, -0.1) is 0 Å². The summed E-state index contributed by atoms with van der Waals surface area (Å²) in [6, 6.07) is 16.7. The van der Waals surface area contributed by atoms with Gasteiger partial charge in [-0.25, -0.2) is 0 Å². The van der Waals surface area contributed by atoms with E-state index in [0.717, 1.165) is 62.4 Å². The van der Waals surface area contributed by atoms with Crippen molar-refractivity contribution in [2.45, 2.75) is 64.1 Å². The summed E-state index contributed by atoms with van der Waals surface area (Å²) in [5.41, 5.74) is 2.31. The van der Waals surface area contributed by atoms with Gasteiger partial charge in [-0.2, -0.15) is 0 Å². The van der Waals surface area contributed by atoms with E-state index in [1.54, 1.807) is 7.11 Å². The van der Waals surface area contributed by atoms with Crippen LogP contribution in [0.4, 0.5) is 0 Å². The van der Waals surface area contributed by atoms with Crippen molar-refractivity contribution in [1.29, 1.82) is 0 Å². The lowest BCUT2D eigenvalue weighted by Crippen LogP contribution is -2.46. The number of hydrogen-bond acceptors (Lipinski definition) is 4. The van der Waals surface area contributed by atoms with E-state index < -0.39 is 0 Å². The molecule has 1 saturated carbocycles. The Morgan fingerprint density at radius 2 is 1.69 bits per heavy atom. The quantitative estimate of drug-likeness (QED) is 0.637. The van der Waals surface area contributed by atoms with E-state index in [9.17, 15) is 4.79 Å². The molecule has 2 aromatic carbocycles. The fourth-order valence-electron chi connectivity index (χ4n) is 4.85. The second kappa shape index (κ2) is 11.4. The molecule has 0 unspecified atom stereocenters. The third-order valence-electron chi connectivity index (χ3n) is 6.82. The molecule has 2 aromatic rings. The third kappa shape index (κ3) is 6.04. The highest BCUT2D eigenvalue weighted by Crippen LogP contribution is 2.29. The molecule has 2 aliphatic rings. The molecule has 0 aromatic heterocycles. The van der Waals surface area contributed by atoms with Crippen molar-refractivity contribution in [1.82, 2.24) is 10.2 Å². The van der Waals surface area contributed by atoms with Crippen molar-refractivity contribution in [2.75, 3.05) is 20.2 Å². The van der Waals surface area contributed by atoms with E-state index in [1.165, 1.54) is 24.8 Å². The second-order valence-corrected chi connectivity index (χ2v) is 9.07. The van der Waals surface area contributed by atoms with Gasteiger partial charge in [0, 0.05) is 31.6 Å². The van der Waals surface area contributed by atoms with Crippen LogP contribution in [0.2, 0.25) is 0 Å². The molecule has 0 bridgehead atoms. The van der Waals surface area contributed by atoms with Crippen molar-refractivity contribution in [2.24, 2.45) is 5.92 Å². The van der Waals surface area contributed by atoms with Gasteiger partial charge >= 0.3 is 0 Å². The molecule has 1 aliphatic carbocycles. The zero-order valence-electron chi connectivity index (χ0n) is 19.2. The van der Waals surface area contributed by atoms with E-state index in [2.05, 4.69) is 34.5 Å². The Labute approximate surface area is 192 Å². The molecular weight excluding hydrogens is 400 g/mol. The summed E-state index contributed by atoms with van der Waals surface area (Å²) in [6.07, 6.45) is 7.94. The van der Waals surface area contributed by atoms with Crippen molar-refractivity contribution in [3.8, 4) is 11.5 Å². The van der Waals surface area contributed by atoms with Crippen LogP contribution >= 0.6 is 0 Å². The topological polar surface area (TPSA) is 50.8 Å². The highest BCUT2D eigenvalue weighted by Gasteiger charge is 2.28. The Balaban J connectivity index is 1.26. The highest BCUT2D eigenvalue weighted by molar-refractivity contribution is 5.79. The minimum absolute atomic E-state index is 0.280. The van der Waals surface area contributed by atoms with Crippen LogP contribution in [0.5, 0.6) is 11.5 Å². The number of likely N-dealkylation sites (tertiary alicyclic amines) is 1. The molecule has 1 saturated heterocycles. The van der Waals surface area contributed by atoms with Gasteiger partial charge in [-0.3, -0.25) is 4.79 Å².